The number of anilines is 2. The monoisotopic (exact) mass is 980 g/mol. The summed E-state index contributed by atoms with van der Waals surface area (Å²) >= 11 is 14.2. The van der Waals surface area contributed by atoms with E-state index in [0.717, 1.165) is 0 Å². The molecule has 2 N–H and O–H groups in total. The van der Waals surface area contributed by atoms with Crippen molar-refractivity contribution in [1.29, 1.82) is 0 Å². The molecule has 0 bridgehead atoms. The maximum Gasteiger partial charge on any atom is 0.410 e. The molecule has 1 atom stereocenters. The van der Waals surface area contributed by atoms with E-state index in [1.54, 1.807) is 74.2 Å². The summed E-state index contributed by atoms with van der Waals surface area (Å²) in [6.07, 6.45) is 4.05. The van der Waals surface area contributed by atoms with Crippen LogP contribution >= 0.6 is 23.2 Å². The summed E-state index contributed by atoms with van der Waals surface area (Å²) < 4.78 is 39.8. The highest BCUT2D eigenvalue weighted by Gasteiger charge is 2.37. The van der Waals surface area contributed by atoms with Gasteiger partial charge in [0.05, 0.1) is 41.7 Å². The smallest absolute Gasteiger partial charge is 0.410 e. The number of halogens is 3. The van der Waals surface area contributed by atoms with Crippen molar-refractivity contribution >= 4 is 61.1 Å². The van der Waals surface area contributed by atoms with Crippen molar-refractivity contribution in [2.45, 2.75) is 130 Å². The number of hydrogen-bond acceptors (Lipinski definition) is 10. The van der Waals surface area contributed by atoms with Crippen LogP contribution in [0.3, 0.4) is 0 Å². The number of benzene rings is 2. The fourth-order valence-corrected chi connectivity index (χ4v) is 8.76. The average Bonchev–Trinajstić information content (AvgIpc) is 3.64. The van der Waals surface area contributed by atoms with Gasteiger partial charge in [-0.3, -0.25) is 9.78 Å². The molecular formula is C50H67Cl2FN6O7Si. The van der Waals surface area contributed by atoms with Crippen LogP contribution in [0.4, 0.5) is 25.5 Å². The van der Waals surface area contributed by atoms with Gasteiger partial charge >= 0.3 is 12.2 Å². The molecule has 2 aromatic heterocycles. The van der Waals surface area contributed by atoms with Gasteiger partial charge in [-0.05, 0) is 109 Å². The number of rotatable bonds is 17. The second-order valence-electron chi connectivity index (χ2n) is 20.3. The van der Waals surface area contributed by atoms with E-state index in [-0.39, 0.29) is 40.9 Å². The topological polar surface area (TPSA) is 144 Å². The van der Waals surface area contributed by atoms with E-state index in [2.05, 4.69) is 54.5 Å². The van der Waals surface area contributed by atoms with Crippen LogP contribution in [0.2, 0.25) is 28.2 Å². The molecule has 0 unspecified atom stereocenters. The van der Waals surface area contributed by atoms with Gasteiger partial charge < -0.3 is 39.1 Å². The van der Waals surface area contributed by atoms with Crippen LogP contribution in [-0.4, -0.2) is 96.8 Å². The van der Waals surface area contributed by atoms with Crippen molar-refractivity contribution in [2.75, 3.05) is 38.7 Å². The van der Waals surface area contributed by atoms with Gasteiger partial charge in [-0.1, -0.05) is 68.2 Å². The predicted molar refractivity (Wildman–Crippen MR) is 266 cm³/mol. The van der Waals surface area contributed by atoms with E-state index >= 15 is 4.39 Å². The summed E-state index contributed by atoms with van der Waals surface area (Å²) in [4.78, 5) is 50.7. The molecule has 0 spiro atoms. The highest BCUT2D eigenvalue weighted by atomic mass is 35.5. The normalized spacial score (nSPS) is 14.4. The molecule has 0 saturated carbocycles. The molecule has 1 fully saturated rings. The zero-order valence-corrected chi connectivity index (χ0v) is 43.5. The van der Waals surface area contributed by atoms with Crippen molar-refractivity contribution in [3.8, 4) is 28.1 Å². The Morgan fingerprint density at radius 3 is 2.15 bits per heavy atom. The molecule has 3 amide bonds. The fourth-order valence-electron chi connectivity index (χ4n) is 7.13. The quantitative estimate of drug-likeness (QED) is 0.0981. The van der Waals surface area contributed by atoms with Crippen molar-refractivity contribution in [2.24, 2.45) is 0 Å². The lowest BCUT2D eigenvalue weighted by Gasteiger charge is -2.37. The Morgan fingerprint density at radius 2 is 1.52 bits per heavy atom. The third kappa shape index (κ3) is 14.5. The Morgan fingerprint density at radius 1 is 0.866 bits per heavy atom. The summed E-state index contributed by atoms with van der Waals surface area (Å²) in [7, 11) is -0.493. The van der Waals surface area contributed by atoms with Gasteiger partial charge in [0, 0.05) is 66.7 Å². The number of aryl methyl sites for hydroxylation is 1. The fraction of sp³-hybridized carbons (Fsp3) is 0.500. The lowest BCUT2D eigenvalue weighted by atomic mass is 10.0. The number of amides is 3. The number of ether oxygens (including phenoxy) is 3. The zero-order valence-electron chi connectivity index (χ0n) is 41.0. The second-order valence-corrected chi connectivity index (χ2v) is 25.9. The Balaban J connectivity index is 1.32. The van der Waals surface area contributed by atoms with Crippen LogP contribution < -0.4 is 15.4 Å². The molecule has 4 aromatic rings. The minimum Gasteiger partial charge on any atom is -0.496 e. The standard InChI is InChI=1S/C50H67Cl2FN6O7Si/c1-48(2,3)65-46(61)58(27-28-64-67(11,12)50(7,8)9)26-14-15-32-22-24-55-45(43(32)53)57-38-17-13-16-36(41(38)51)37-23-25-54-44(42(37)52)33-18-19-34(39(29-33)63-10)30-59(47(62)66-49(4,5)6)31-35-20-21-40(60)56-35/h13,16-19,22-25,29,35H,14-15,20-21,26-28,30-31H2,1-12H3,(H,55,57)(H,56,60)/t35-/m0/s1. The second kappa shape index (κ2) is 22.0. The van der Waals surface area contributed by atoms with Crippen LogP contribution in [0.15, 0.2) is 60.9 Å². The van der Waals surface area contributed by atoms with E-state index in [9.17, 15) is 14.4 Å². The predicted octanol–water partition coefficient (Wildman–Crippen LogP) is 12.2. The molecule has 3 heterocycles. The first-order chi connectivity index (χ1) is 31.3. The van der Waals surface area contributed by atoms with E-state index in [1.165, 1.54) is 6.20 Å². The first-order valence-electron chi connectivity index (χ1n) is 22.7. The highest BCUT2D eigenvalue weighted by Crippen LogP contribution is 2.42. The molecule has 364 valence electrons. The number of carbonyl (C=O) groups excluding carboxylic acids is 3. The van der Waals surface area contributed by atoms with Gasteiger partial charge in [0.2, 0.25) is 5.91 Å². The highest BCUT2D eigenvalue weighted by molar-refractivity contribution is 6.74. The van der Waals surface area contributed by atoms with E-state index in [0.29, 0.717) is 95.4 Å². The molecule has 0 aliphatic carbocycles. The molecule has 0 radical (unpaired) electrons. The Bertz CT molecular complexity index is 2400. The van der Waals surface area contributed by atoms with Crippen LogP contribution in [0.5, 0.6) is 5.75 Å². The van der Waals surface area contributed by atoms with Crippen molar-refractivity contribution < 1.29 is 37.4 Å². The number of aromatic nitrogens is 2. The SMILES string of the molecule is COc1cc(-c2nccc(-c3cccc(Nc4nccc(CCCN(CCO[Si](C)(C)C(C)(C)C)C(=O)OC(C)(C)C)c4F)c3Cl)c2Cl)ccc1CN(C[C@@H]1CCC(=O)N1)C(=O)OC(C)(C)C. The number of nitrogens with zero attached hydrogens (tertiary/aromatic N) is 4. The molecule has 17 heteroatoms. The molecule has 1 aliphatic rings. The van der Waals surface area contributed by atoms with Crippen molar-refractivity contribution in [3.63, 3.8) is 0 Å². The Labute approximate surface area is 406 Å². The summed E-state index contributed by atoms with van der Waals surface area (Å²) in [5, 5.41) is 6.65. The lowest BCUT2D eigenvalue weighted by molar-refractivity contribution is -0.119. The number of pyridine rings is 2. The number of nitrogens with one attached hydrogen (secondary N) is 2. The van der Waals surface area contributed by atoms with E-state index < -0.39 is 37.5 Å². The van der Waals surface area contributed by atoms with Crippen LogP contribution in [0, 0.1) is 5.82 Å². The van der Waals surface area contributed by atoms with Crippen LogP contribution in [-0.2, 0) is 31.7 Å². The van der Waals surface area contributed by atoms with Crippen LogP contribution in [0.1, 0.15) is 92.7 Å². The maximum absolute atomic E-state index is 16.2. The third-order valence-corrected chi connectivity index (χ3v) is 17.0. The van der Waals surface area contributed by atoms with Gasteiger partial charge in [-0.2, -0.15) is 0 Å². The van der Waals surface area contributed by atoms with Gasteiger partial charge in [-0.25, -0.2) is 19.0 Å². The van der Waals surface area contributed by atoms with Crippen molar-refractivity contribution in [3.05, 3.63) is 87.9 Å². The minimum atomic E-state index is -2.04. The van der Waals surface area contributed by atoms with Crippen molar-refractivity contribution in [1.82, 2.24) is 25.1 Å². The molecule has 5 rings (SSSR count). The molecule has 67 heavy (non-hydrogen) atoms. The van der Waals surface area contributed by atoms with Gasteiger partial charge in [0.1, 0.15) is 17.0 Å². The van der Waals surface area contributed by atoms with Gasteiger partial charge in [0.15, 0.2) is 20.0 Å². The zero-order chi connectivity index (χ0) is 49.5. The number of hydrogen-bond donors (Lipinski definition) is 2. The summed E-state index contributed by atoms with van der Waals surface area (Å²) in [5.41, 5.74) is 2.44. The molecule has 1 saturated heterocycles. The van der Waals surface area contributed by atoms with Gasteiger partial charge in [-0.15, -0.1) is 0 Å². The number of methoxy groups -OCH3 is 1. The molecule has 1 aliphatic heterocycles. The first-order valence-corrected chi connectivity index (χ1v) is 26.3. The average molecular weight is 982 g/mol. The number of carbonyl (C=O) groups is 3. The molecule has 2 aromatic carbocycles. The summed E-state index contributed by atoms with van der Waals surface area (Å²) in [5.74, 6) is -0.0841. The summed E-state index contributed by atoms with van der Waals surface area (Å²) in [6, 6.07) is 14.0. The maximum atomic E-state index is 16.2. The third-order valence-electron chi connectivity index (χ3n) is 11.7. The van der Waals surface area contributed by atoms with Crippen LogP contribution in [0.25, 0.3) is 22.4 Å². The Hall–Kier alpha value is -4.96. The summed E-state index contributed by atoms with van der Waals surface area (Å²) in [6.45, 7) is 23.3. The largest absolute Gasteiger partial charge is 0.496 e. The van der Waals surface area contributed by atoms with E-state index in [1.807, 2.05) is 39.0 Å². The minimum absolute atomic E-state index is 0.00440. The molecular weight excluding hydrogens is 915 g/mol. The lowest BCUT2D eigenvalue weighted by Crippen LogP contribution is -2.44. The van der Waals surface area contributed by atoms with Gasteiger partial charge in [0.25, 0.3) is 0 Å². The van der Waals surface area contributed by atoms with E-state index in [4.69, 9.17) is 41.8 Å². The molecule has 13 nitrogen and oxygen atoms in total. The Kier molecular flexibility index (Phi) is 17.4. The first kappa shape index (κ1) is 53.0.